The highest BCUT2D eigenvalue weighted by Gasteiger charge is 2.24. The number of aromatic amines is 1. The molecule has 25 heavy (non-hydrogen) atoms. The third-order valence-corrected chi connectivity index (χ3v) is 5.63. The quantitative estimate of drug-likeness (QED) is 0.556. The number of aryl methyl sites for hydroxylation is 1. The van der Waals surface area contributed by atoms with Gasteiger partial charge in [-0.3, -0.25) is 4.79 Å². The number of thioether (sulfide) groups is 1. The molecule has 2 heterocycles. The number of benzene rings is 1. The van der Waals surface area contributed by atoms with E-state index in [1.165, 1.54) is 29.2 Å². The molecule has 2 N–H and O–H groups in total. The summed E-state index contributed by atoms with van der Waals surface area (Å²) in [7, 11) is 0. The fourth-order valence-electron chi connectivity index (χ4n) is 3.25. The Labute approximate surface area is 149 Å². The van der Waals surface area contributed by atoms with Crippen molar-refractivity contribution < 1.29 is 4.79 Å². The SMILES string of the molecule is C[C@@H](Sc1ncnc2nc[nH]c12)C(=O)N[C@H]1CCCc2ccccc21. The summed E-state index contributed by atoms with van der Waals surface area (Å²) in [5, 5.41) is 3.70. The number of hydrogen-bond acceptors (Lipinski definition) is 5. The van der Waals surface area contributed by atoms with E-state index >= 15 is 0 Å². The van der Waals surface area contributed by atoms with Crippen molar-refractivity contribution in [3.05, 3.63) is 48.0 Å². The standard InChI is InChI=1S/C18H19N5OS/c1-11(25-18-15-16(20-9-19-15)21-10-22-18)17(24)23-14-8-4-6-12-5-2-3-7-13(12)14/h2-3,5,7,9-11,14H,4,6,8H2,1H3,(H,23,24)(H,19,20,21,22)/t11-,14+/m1/s1. The minimum atomic E-state index is -0.254. The molecule has 1 aromatic carbocycles. The smallest absolute Gasteiger partial charge is 0.233 e. The predicted octanol–water partition coefficient (Wildman–Crippen LogP) is 3.03. The summed E-state index contributed by atoms with van der Waals surface area (Å²) in [6.45, 7) is 1.90. The van der Waals surface area contributed by atoms with Gasteiger partial charge in [-0.2, -0.15) is 0 Å². The molecule has 0 unspecified atom stereocenters. The maximum Gasteiger partial charge on any atom is 0.233 e. The maximum atomic E-state index is 12.7. The molecule has 7 heteroatoms. The molecule has 128 valence electrons. The van der Waals surface area contributed by atoms with E-state index in [2.05, 4.69) is 43.5 Å². The molecule has 1 amide bonds. The summed E-state index contributed by atoms with van der Waals surface area (Å²) >= 11 is 1.42. The number of carbonyl (C=O) groups is 1. The Kier molecular flexibility index (Phi) is 4.40. The molecular formula is C18H19N5OS. The van der Waals surface area contributed by atoms with Crippen molar-refractivity contribution >= 4 is 28.8 Å². The van der Waals surface area contributed by atoms with Crippen molar-refractivity contribution in [3.8, 4) is 0 Å². The molecule has 1 aliphatic rings. The van der Waals surface area contributed by atoms with Crippen LogP contribution >= 0.6 is 11.8 Å². The van der Waals surface area contributed by atoms with Crippen molar-refractivity contribution in [1.82, 2.24) is 25.3 Å². The fraction of sp³-hybridized carbons (Fsp3) is 0.333. The lowest BCUT2D eigenvalue weighted by Crippen LogP contribution is -2.35. The number of amides is 1. The van der Waals surface area contributed by atoms with Crippen molar-refractivity contribution in [3.63, 3.8) is 0 Å². The van der Waals surface area contributed by atoms with Gasteiger partial charge in [0.25, 0.3) is 0 Å². The number of rotatable bonds is 4. The van der Waals surface area contributed by atoms with E-state index in [0.29, 0.717) is 5.65 Å². The van der Waals surface area contributed by atoms with Crippen LogP contribution in [0.5, 0.6) is 0 Å². The Morgan fingerprint density at radius 3 is 3.12 bits per heavy atom. The topological polar surface area (TPSA) is 83.6 Å². The van der Waals surface area contributed by atoms with Crippen LogP contribution in [0.2, 0.25) is 0 Å². The number of nitrogens with one attached hydrogen (secondary N) is 2. The molecule has 0 fully saturated rings. The first-order valence-corrected chi connectivity index (χ1v) is 9.29. The van der Waals surface area contributed by atoms with Crippen molar-refractivity contribution in [1.29, 1.82) is 0 Å². The average Bonchev–Trinajstić information content (AvgIpc) is 3.12. The van der Waals surface area contributed by atoms with Gasteiger partial charge in [-0.15, -0.1) is 0 Å². The molecule has 2 aromatic heterocycles. The largest absolute Gasteiger partial charge is 0.348 e. The van der Waals surface area contributed by atoms with E-state index in [1.54, 1.807) is 6.33 Å². The average molecular weight is 353 g/mol. The molecule has 2 atom stereocenters. The molecule has 0 saturated heterocycles. The fourth-order valence-corrected chi connectivity index (χ4v) is 4.13. The van der Waals surface area contributed by atoms with Gasteiger partial charge in [0.2, 0.25) is 5.91 Å². The van der Waals surface area contributed by atoms with Crippen molar-refractivity contribution in [2.45, 2.75) is 42.5 Å². The Hall–Kier alpha value is -2.41. The highest BCUT2D eigenvalue weighted by Crippen LogP contribution is 2.31. The zero-order chi connectivity index (χ0) is 17.2. The second kappa shape index (κ2) is 6.84. The summed E-state index contributed by atoms with van der Waals surface area (Å²) in [5.41, 5.74) is 3.98. The van der Waals surface area contributed by atoms with Crippen LogP contribution in [0.1, 0.15) is 36.9 Å². The monoisotopic (exact) mass is 353 g/mol. The first-order chi connectivity index (χ1) is 12.2. The molecule has 6 nitrogen and oxygen atoms in total. The van der Waals surface area contributed by atoms with Crippen LogP contribution < -0.4 is 5.32 Å². The van der Waals surface area contributed by atoms with Crippen LogP contribution in [0.3, 0.4) is 0 Å². The third-order valence-electron chi connectivity index (χ3n) is 4.53. The van der Waals surface area contributed by atoms with E-state index in [9.17, 15) is 4.79 Å². The van der Waals surface area contributed by atoms with Crippen LogP contribution in [-0.4, -0.2) is 31.1 Å². The summed E-state index contributed by atoms with van der Waals surface area (Å²) in [6, 6.07) is 8.47. The molecule has 0 spiro atoms. The minimum Gasteiger partial charge on any atom is -0.348 e. The molecule has 4 rings (SSSR count). The molecular weight excluding hydrogens is 334 g/mol. The number of nitrogens with zero attached hydrogens (tertiary/aromatic N) is 3. The van der Waals surface area contributed by atoms with Gasteiger partial charge in [-0.25, -0.2) is 15.0 Å². The van der Waals surface area contributed by atoms with Gasteiger partial charge in [0.1, 0.15) is 16.9 Å². The molecule has 1 aliphatic carbocycles. The Bertz CT molecular complexity index is 909. The van der Waals surface area contributed by atoms with Crippen LogP contribution in [-0.2, 0) is 11.2 Å². The predicted molar refractivity (Wildman–Crippen MR) is 97.3 cm³/mol. The number of H-pyrrole nitrogens is 1. The van der Waals surface area contributed by atoms with Crippen LogP contribution in [0.25, 0.3) is 11.2 Å². The molecule has 0 aliphatic heterocycles. The molecule has 0 saturated carbocycles. The number of imidazole rings is 1. The van der Waals surface area contributed by atoms with Crippen LogP contribution in [0.4, 0.5) is 0 Å². The highest BCUT2D eigenvalue weighted by molar-refractivity contribution is 8.00. The maximum absolute atomic E-state index is 12.7. The molecule has 0 bridgehead atoms. The normalized spacial score (nSPS) is 17.9. The van der Waals surface area contributed by atoms with Gasteiger partial charge < -0.3 is 10.3 Å². The van der Waals surface area contributed by atoms with E-state index < -0.39 is 0 Å². The lowest BCUT2D eigenvalue weighted by atomic mass is 9.88. The zero-order valence-electron chi connectivity index (χ0n) is 13.9. The number of aromatic nitrogens is 4. The summed E-state index contributed by atoms with van der Waals surface area (Å²) in [5.74, 6) is 0.0259. The van der Waals surface area contributed by atoms with Gasteiger partial charge in [0.15, 0.2) is 5.65 Å². The number of hydrogen-bond donors (Lipinski definition) is 2. The van der Waals surface area contributed by atoms with Crippen molar-refractivity contribution in [2.24, 2.45) is 0 Å². The van der Waals surface area contributed by atoms with E-state index in [4.69, 9.17) is 0 Å². The Balaban J connectivity index is 1.47. The second-order valence-corrected chi connectivity index (χ2v) is 7.52. The molecule has 0 radical (unpaired) electrons. The van der Waals surface area contributed by atoms with E-state index in [1.807, 2.05) is 13.0 Å². The zero-order valence-corrected chi connectivity index (χ0v) is 14.7. The first-order valence-electron chi connectivity index (χ1n) is 8.41. The van der Waals surface area contributed by atoms with Crippen LogP contribution in [0, 0.1) is 0 Å². The first kappa shape index (κ1) is 16.1. The van der Waals surface area contributed by atoms with Gasteiger partial charge in [0, 0.05) is 0 Å². The number of fused-ring (bicyclic) bond motifs is 2. The van der Waals surface area contributed by atoms with Gasteiger partial charge >= 0.3 is 0 Å². The lowest BCUT2D eigenvalue weighted by Gasteiger charge is -2.27. The Morgan fingerprint density at radius 2 is 2.20 bits per heavy atom. The Morgan fingerprint density at radius 1 is 1.32 bits per heavy atom. The van der Waals surface area contributed by atoms with Gasteiger partial charge in [0.05, 0.1) is 17.6 Å². The second-order valence-electron chi connectivity index (χ2n) is 6.19. The van der Waals surface area contributed by atoms with Gasteiger partial charge in [-0.1, -0.05) is 36.0 Å². The summed E-state index contributed by atoms with van der Waals surface area (Å²) in [4.78, 5) is 28.3. The third kappa shape index (κ3) is 3.24. The van der Waals surface area contributed by atoms with Crippen LogP contribution in [0.15, 0.2) is 41.9 Å². The summed E-state index contributed by atoms with van der Waals surface area (Å²) < 4.78 is 0. The van der Waals surface area contributed by atoms with Crippen molar-refractivity contribution in [2.75, 3.05) is 0 Å². The highest BCUT2D eigenvalue weighted by atomic mass is 32.2. The molecule has 3 aromatic rings. The van der Waals surface area contributed by atoms with E-state index in [-0.39, 0.29) is 17.2 Å². The summed E-state index contributed by atoms with van der Waals surface area (Å²) in [6.07, 6.45) is 6.24. The van der Waals surface area contributed by atoms with Gasteiger partial charge in [-0.05, 0) is 37.3 Å². The van der Waals surface area contributed by atoms with E-state index in [0.717, 1.165) is 29.8 Å². The minimum absolute atomic E-state index is 0.0259. The number of carbonyl (C=O) groups excluding carboxylic acids is 1. The lowest BCUT2D eigenvalue weighted by molar-refractivity contribution is -0.121.